The lowest BCUT2D eigenvalue weighted by atomic mass is 9.78. The summed E-state index contributed by atoms with van der Waals surface area (Å²) in [6.07, 6.45) is 11.1. The van der Waals surface area contributed by atoms with E-state index in [9.17, 15) is 4.79 Å². The molecule has 0 spiro atoms. The van der Waals surface area contributed by atoms with E-state index in [0.29, 0.717) is 23.8 Å². The molecule has 0 bridgehead atoms. The fourth-order valence-corrected chi connectivity index (χ4v) is 4.11. The van der Waals surface area contributed by atoms with E-state index in [1.165, 1.54) is 38.5 Å². The van der Waals surface area contributed by atoms with E-state index < -0.39 is 0 Å². The number of likely N-dealkylation sites (tertiary alicyclic amines) is 1. The van der Waals surface area contributed by atoms with Gasteiger partial charge in [0.05, 0.1) is 0 Å². The van der Waals surface area contributed by atoms with Crippen LogP contribution in [0.3, 0.4) is 0 Å². The van der Waals surface area contributed by atoms with Gasteiger partial charge in [-0.2, -0.15) is 0 Å². The molecule has 1 amide bonds. The summed E-state index contributed by atoms with van der Waals surface area (Å²) in [5.74, 6) is 2.12. The Labute approximate surface area is 130 Å². The van der Waals surface area contributed by atoms with Crippen LogP contribution < -0.4 is 5.73 Å². The van der Waals surface area contributed by atoms with Gasteiger partial charge in [-0.1, -0.05) is 26.2 Å². The van der Waals surface area contributed by atoms with Crippen LogP contribution >= 0.6 is 0 Å². The molecule has 3 heteroatoms. The Bertz CT molecular complexity index is 323. The van der Waals surface area contributed by atoms with E-state index >= 15 is 0 Å². The highest BCUT2D eigenvalue weighted by Crippen LogP contribution is 2.34. The summed E-state index contributed by atoms with van der Waals surface area (Å²) in [5.41, 5.74) is 5.82. The van der Waals surface area contributed by atoms with Crippen LogP contribution in [0.15, 0.2) is 0 Å². The van der Waals surface area contributed by atoms with Crippen molar-refractivity contribution < 1.29 is 4.79 Å². The molecule has 21 heavy (non-hydrogen) atoms. The van der Waals surface area contributed by atoms with Gasteiger partial charge in [0.1, 0.15) is 0 Å². The molecule has 0 aromatic rings. The lowest BCUT2D eigenvalue weighted by molar-refractivity contribution is -0.141. The average Bonchev–Trinajstić information content (AvgIpc) is 2.53. The standard InChI is InChI=1S/C18H34N2O/c1-3-4-5-15-8-10-17(11-9-15)18(21)20-13-16(12-19)7-6-14(20)2/h14-17H,3-13,19H2,1-2H3. The smallest absolute Gasteiger partial charge is 0.225 e. The van der Waals surface area contributed by atoms with Crippen molar-refractivity contribution in [3.63, 3.8) is 0 Å². The minimum atomic E-state index is 0.293. The zero-order valence-corrected chi connectivity index (χ0v) is 14.0. The molecule has 1 saturated heterocycles. The number of amides is 1. The monoisotopic (exact) mass is 294 g/mol. The number of hydrogen-bond donors (Lipinski definition) is 1. The van der Waals surface area contributed by atoms with E-state index in [0.717, 1.165) is 38.3 Å². The van der Waals surface area contributed by atoms with Crippen molar-refractivity contribution in [3.05, 3.63) is 0 Å². The summed E-state index contributed by atoms with van der Waals surface area (Å²) in [4.78, 5) is 15.0. The second-order valence-corrected chi connectivity index (χ2v) is 7.38. The van der Waals surface area contributed by atoms with Crippen molar-refractivity contribution in [1.29, 1.82) is 0 Å². The fraction of sp³-hybridized carbons (Fsp3) is 0.944. The van der Waals surface area contributed by atoms with Gasteiger partial charge >= 0.3 is 0 Å². The van der Waals surface area contributed by atoms with E-state index in [4.69, 9.17) is 5.73 Å². The topological polar surface area (TPSA) is 46.3 Å². The third kappa shape index (κ3) is 4.45. The third-order valence-corrected chi connectivity index (χ3v) is 5.76. The molecule has 2 aliphatic rings. The maximum atomic E-state index is 12.8. The molecule has 1 heterocycles. The van der Waals surface area contributed by atoms with Gasteiger partial charge in [-0.05, 0) is 63.8 Å². The van der Waals surface area contributed by atoms with Crippen LogP contribution in [0, 0.1) is 17.8 Å². The van der Waals surface area contributed by atoms with Crippen molar-refractivity contribution >= 4 is 5.91 Å². The van der Waals surface area contributed by atoms with E-state index in [2.05, 4.69) is 18.7 Å². The number of nitrogens with two attached hydrogens (primary N) is 1. The van der Waals surface area contributed by atoms with Gasteiger partial charge in [0.15, 0.2) is 0 Å². The second-order valence-electron chi connectivity index (χ2n) is 7.38. The lowest BCUT2D eigenvalue weighted by Crippen LogP contribution is -2.49. The zero-order chi connectivity index (χ0) is 15.2. The maximum absolute atomic E-state index is 12.8. The van der Waals surface area contributed by atoms with Crippen LogP contribution in [0.1, 0.15) is 71.6 Å². The van der Waals surface area contributed by atoms with Crippen molar-refractivity contribution in [3.8, 4) is 0 Å². The molecule has 1 aliphatic carbocycles. The first-order valence-electron chi connectivity index (χ1n) is 9.16. The molecular formula is C18H34N2O. The Morgan fingerprint density at radius 1 is 1.10 bits per heavy atom. The summed E-state index contributed by atoms with van der Waals surface area (Å²) in [6.45, 7) is 6.09. The molecule has 0 radical (unpaired) electrons. The Hall–Kier alpha value is -0.570. The molecule has 2 unspecified atom stereocenters. The highest BCUT2D eigenvalue weighted by atomic mass is 16.2. The van der Waals surface area contributed by atoms with Crippen molar-refractivity contribution in [2.75, 3.05) is 13.1 Å². The zero-order valence-electron chi connectivity index (χ0n) is 14.0. The number of unbranched alkanes of at least 4 members (excludes halogenated alkanes) is 1. The van der Waals surface area contributed by atoms with Crippen LogP contribution in [0.4, 0.5) is 0 Å². The van der Waals surface area contributed by atoms with Crippen molar-refractivity contribution in [2.24, 2.45) is 23.5 Å². The van der Waals surface area contributed by atoms with Gasteiger partial charge in [0.25, 0.3) is 0 Å². The molecule has 1 saturated carbocycles. The number of carbonyl (C=O) groups excluding carboxylic acids is 1. The fourth-order valence-electron chi connectivity index (χ4n) is 4.11. The molecule has 2 rings (SSSR count). The molecule has 0 aromatic heterocycles. The predicted octanol–water partition coefficient (Wildman–Crippen LogP) is 3.57. The molecule has 2 atom stereocenters. The van der Waals surface area contributed by atoms with E-state index in [1.807, 2.05) is 0 Å². The van der Waals surface area contributed by atoms with Crippen LogP contribution in [0.25, 0.3) is 0 Å². The highest BCUT2D eigenvalue weighted by molar-refractivity contribution is 5.79. The number of nitrogens with zero attached hydrogens (tertiary/aromatic N) is 1. The Morgan fingerprint density at radius 3 is 2.38 bits per heavy atom. The normalized spacial score (nSPS) is 34.0. The van der Waals surface area contributed by atoms with Gasteiger partial charge in [0.2, 0.25) is 5.91 Å². The van der Waals surface area contributed by atoms with Gasteiger partial charge in [0, 0.05) is 18.5 Å². The van der Waals surface area contributed by atoms with Gasteiger partial charge in [-0.3, -0.25) is 4.79 Å². The summed E-state index contributed by atoms with van der Waals surface area (Å²) in [5, 5.41) is 0. The predicted molar refractivity (Wildman–Crippen MR) is 87.9 cm³/mol. The van der Waals surface area contributed by atoms with Crippen LogP contribution in [-0.4, -0.2) is 29.9 Å². The lowest BCUT2D eigenvalue weighted by Gasteiger charge is -2.40. The van der Waals surface area contributed by atoms with Crippen LogP contribution in [-0.2, 0) is 4.79 Å². The first-order chi connectivity index (χ1) is 10.2. The molecular weight excluding hydrogens is 260 g/mol. The van der Waals surface area contributed by atoms with Crippen molar-refractivity contribution in [1.82, 2.24) is 4.90 Å². The molecule has 0 aromatic carbocycles. The van der Waals surface area contributed by atoms with E-state index in [1.54, 1.807) is 0 Å². The minimum absolute atomic E-state index is 0.293. The number of hydrogen-bond acceptors (Lipinski definition) is 2. The Morgan fingerprint density at radius 2 is 1.76 bits per heavy atom. The summed E-state index contributed by atoms with van der Waals surface area (Å²) < 4.78 is 0. The largest absolute Gasteiger partial charge is 0.339 e. The first kappa shape index (κ1) is 16.8. The molecule has 122 valence electrons. The van der Waals surface area contributed by atoms with Gasteiger partial charge < -0.3 is 10.6 Å². The molecule has 3 nitrogen and oxygen atoms in total. The summed E-state index contributed by atoms with van der Waals surface area (Å²) in [6, 6.07) is 0.415. The number of piperidine rings is 1. The Balaban J connectivity index is 1.83. The van der Waals surface area contributed by atoms with E-state index in [-0.39, 0.29) is 0 Å². The van der Waals surface area contributed by atoms with Crippen molar-refractivity contribution in [2.45, 2.75) is 77.7 Å². The summed E-state index contributed by atoms with van der Waals surface area (Å²) in [7, 11) is 0. The number of carbonyl (C=O) groups is 1. The highest BCUT2D eigenvalue weighted by Gasteiger charge is 2.34. The Kier molecular flexibility index (Phi) is 6.53. The summed E-state index contributed by atoms with van der Waals surface area (Å²) >= 11 is 0. The van der Waals surface area contributed by atoms with Crippen LogP contribution in [0.5, 0.6) is 0 Å². The second kappa shape index (κ2) is 8.17. The van der Waals surface area contributed by atoms with Crippen LogP contribution in [0.2, 0.25) is 0 Å². The maximum Gasteiger partial charge on any atom is 0.225 e. The van der Waals surface area contributed by atoms with Gasteiger partial charge in [-0.25, -0.2) is 0 Å². The SMILES string of the molecule is CCCCC1CCC(C(=O)N2CC(CN)CCC2C)CC1. The third-order valence-electron chi connectivity index (χ3n) is 5.76. The quantitative estimate of drug-likeness (QED) is 0.842. The molecule has 1 aliphatic heterocycles. The average molecular weight is 294 g/mol. The van der Waals surface area contributed by atoms with Gasteiger partial charge in [-0.15, -0.1) is 0 Å². The molecule has 2 N–H and O–H groups in total. The molecule has 2 fully saturated rings. The first-order valence-corrected chi connectivity index (χ1v) is 9.16. The minimum Gasteiger partial charge on any atom is -0.339 e. The number of rotatable bonds is 5.